The lowest BCUT2D eigenvalue weighted by Gasteiger charge is -2.10. The summed E-state index contributed by atoms with van der Waals surface area (Å²) in [6, 6.07) is 7.41. The Morgan fingerprint density at radius 3 is 2.96 bits per heavy atom. The van der Waals surface area contributed by atoms with Gasteiger partial charge in [0, 0.05) is 17.1 Å². The van der Waals surface area contributed by atoms with E-state index in [1.807, 2.05) is 18.2 Å². The number of H-pyrrole nitrogens is 1. The Kier molecular flexibility index (Phi) is 6.45. The van der Waals surface area contributed by atoms with E-state index in [1.165, 1.54) is 6.42 Å². The van der Waals surface area contributed by atoms with E-state index in [9.17, 15) is 4.79 Å². The minimum atomic E-state index is -0.116. The second-order valence-electron chi connectivity index (χ2n) is 5.54. The van der Waals surface area contributed by atoms with Gasteiger partial charge in [0.1, 0.15) is 0 Å². The molecule has 1 aliphatic heterocycles. The number of halogens is 2. The highest BCUT2D eigenvalue weighted by Crippen LogP contribution is 2.28. The van der Waals surface area contributed by atoms with Gasteiger partial charge in [-0.15, -0.1) is 12.4 Å². The molecule has 3 N–H and O–H groups in total. The minimum Gasteiger partial charge on any atom is -0.352 e. The van der Waals surface area contributed by atoms with Crippen LogP contribution in [0.3, 0.4) is 0 Å². The number of carbonyl (C=O) groups excluding carboxylic acids is 1. The summed E-state index contributed by atoms with van der Waals surface area (Å²) in [4.78, 5) is 12.4. The zero-order valence-electron chi connectivity index (χ0n) is 12.6. The second kappa shape index (κ2) is 8.34. The highest BCUT2D eigenvalue weighted by molar-refractivity contribution is 6.33. The summed E-state index contributed by atoms with van der Waals surface area (Å²) < 4.78 is 0. The Morgan fingerprint density at radius 1 is 1.39 bits per heavy atom. The first-order chi connectivity index (χ1) is 10.8. The summed E-state index contributed by atoms with van der Waals surface area (Å²) in [6.45, 7) is 2.81. The molecule has 3 rings (SSSR count). The molecule has 2 aromatic rings. The summed E-state index contributed by atoms with van der Waals surface area (Å²) in [5.41, 5.74) is 1.97. The molecular formula is C16H20Cl2N4O. The Bertz CT molecular complexity index is 653. The maximum absolute atomic E-state index is 12.4. The molecule has 5 nitrogen and oxygen atoms in total. The summed E-state index contributed by atoms with van der Waals surface area (Å²) in [7, 11) is 0. The largest absolute Gasteiger partial charge is 0.352 e. The second-order valence-corrected chi connectivity index (χ2v) is 5.95. The molecule has 1 aromatic carbocycles. The number of aromatic nitrogens is 2. The first kappa shape index (κ1) is 17.8. The van der Waals surface area contributed by atoms with Crippen molar-refractivity contribution in [2.75, 3.05) is 19.6 Å². The maximum atomic E-state index is 12.4. The van der Waals surface area contributed by atoms with Crippen LogP contribution in [-0.2, 0) is 0 Å². The van der Waals surface area contributed by atoms with Crippen molar-refractivity contribution in [1.29, 1.82) is 0 Å². The number of hydrogen-bond acceptors (Lipinski definition) is 3. The number of nitrogens with one attached hydrogen (secondary N) is 3. The molecule has 0 radical (unpaired) electrons. The summed E-state index contributed by atoms with van der Waals surface area (Å²) in [6.07, 6.45) is 3.73. The van der Waals surface area contributed by atoms with Gasteiger partial charge in [-0.2, -0.15) is 5.10 Å². The number of carbonyl (C=O) groups is 1. The predicted octanol–water partition coefficient (Wildman–Crippen LogP) is 2.88. The molecule has 124 valence electrons. The van der Waals surface area contributed by atoms with Gasteiger partial charge in [-0.05, 0) is 37.9 Å². The molecule has 1 atom stereocenters. The first-order valence-electron chi connectivity index (χ1n) is 7.53. The fourth-order valence-corrected chi connectivity index (χ4v) is 3.00. The Morgan fingerprint density at radius 2 is 2.22 bits per heavy atom. The number of amides is 1. The Balaban J connectivity index is 0.00000192. The number of rotatable bonds is 5. The molecule has 2 heterocycles. The van der Waals surface area contributed by atoms with E-state index in [0.717, 1.165) is 25.1 Å². The van der Waals surface area contributed by atoms with Gasteiger partial charge in [-0.1, -0.05) is 29.8 Å². The standard InChI is InChI=1S/C16H19ClN4O.ClH/c17-14-4-2-1-3-12(14)15-13(10-20-21-15)16(22)19-8-6-11-5-7-18-9-11;/h1-4,10-11,18H,5-9H2,(H,19,22)(H,20,21);1H. The van der Waals surface area contributed by atoms with E-state index in [4.69, 9.17) is 11.6 Å². The van der Waals surface area contributed by atoms with E-state index in [1.54, 1.807) is 12.3 Å². The third-order valence-corrected chi connectivity index (χ3v) is 4.36. The van der Waals surface area contributed by atoms with Gasteiger partial charge in [0.2, 0.25) is 0 Å². The minimum absolute atomic E-state index is 0. The van der Waals surface area contributed by atoms with Crippen molar-refractivity contribution >= 4 is 29.9 Å². The highest BCUT2D eigenvalue weighted by Gasteiger charge is 2.18. The lowest BCUT2D eigenvalue weighted by atomic mass is 10.0. The molecule has 1 aromatic heterocycles. The first-order valence-corrected chi connectivity index (χ1v) is 7.90. The number of aromatic amines is 1. The van der Waals surface area contributed by atoms with Crippen LogP contribution in [0, 0.1) is 5.92 Å². The molecule has 1 saturated heterocycles. The van der Waals surface area contributed by atoms with E-state index in [2.05, 4.69) is 20.8 Å². The van der Waals surface area contributed by atoms with E-state index >= 15 is 0 Å². The Hall–Kier alpha value is -1.56. The van der Waals surface area contributed by atoms with Gasteiger partial charge >= 0.3 is 0 Å². The van der Waals surface area contributed by atoms with Crippen LogP contribution in [0.5, 0.6) is 0 Å². The van der Waals surface area contributed by atoms with E-state index in [0.29, 0.717) is 28.7 Å². The molecule has 23 heavy (non-hydrogen) atoms. The number of benzene rings is 1. The summed E-state index contributed by atoms with van der Waals surface area (Å²) >= 11 is 6.20. The van der Waals surface area contributed by atoms with Crippen LogP contribution < -0.4 is 10.6 Å². The lowest BCUT2D eigenvalue weighted by Crippen LogP contribution is -2.26. The monoisotopic (exact) mass is 354 g/mol. The molecule has 0 spiro atoms. The van der Waals surface area contributed by atoms with Crippen molar-refractivity contribution in [3.63, 3.8) is 0 Å². The quantitative estimate of drug-likeness (QED) is 0.773. The van der Waals surface area contributed by atoms with Crippen molar-refractivity contribution < 1.29 is 4.79 Å². The van der Waals surface area contributed by atoms with Crippen LogP contribution in [0.25, 0.3) is 11.3 Å². The normalized spacial score (nSPS) is 16.8. The smallest absolute Gasteiger partial charge is 0.255 e. The molecule has 0 aliphatic carbocycles. The van der Waals surface area contributed by atoms with Crippen molar-refractivity contribution in [2.45, 2.75) is 12.8 Å². The summed E-state index contributed by atoms with van der Waals surface area (Å²) in [5, 5.41) is 13.8. The third-order valence-electron chi connectivity index (χ3n) is 4.03. The van der Waals surface area contributed by atoms with Crippen LogP contribution in [0.1, 0.15) is 23.2 Å². The zero-order chi connectivity index (χ0) is 15.4. The predicted molar refractivity (Wildman–Crippen MR) is 94.2 cm³/mol. The topological polar surface area (TPSA) is 69.8 Å². The van der Waals surface area contributed by atoms with Crippen molar-refractivity contribution in [2.24, 2.45) is 5.92 Å². The lowest BCUT2D eigenvalue weighted by molar-refractivity contribution is 0.0952. The third kappa shape index (κ3) is 4.25. The SMILES string of the molecule is Cl.O=C(NCCC1CCNC1)c1cn[nH]c1-c1ccccc1Cl. The molecule has 7 heteroatoms. The zero-order valence-corrected chi connectivity index (χ0v) is 14.2. The van der Waals surface area contributed by atoms with Crippen molar-refractivity contribution in [3.05, 3.63) is 41.0 Å². The fraction of sp³-hybridized carbons (Fsp3) is 0.375. The van der Waals surface area contributed by atoms with Gasteiger partial charge in [0.15, 0.2) is 0 Å². The molecule has 1 aliphatic rings. The van der Waals surface area contributed by atoms with Gasteiger partial charge in [-0.3, -0.25) is 9.89 Å². The van der Waals surface area contributed by atoms with Crippen molar-refractivity contribution in [1.82, 2.24) is 20.8 Å². The highest BCUT2D eigenvalue weighted by atomic mass is 35.5. The van der Waals surface area contributed by atoms with Crippen LogP contribution in [0.4, 0.5) is 0 Å². The Labute approximate surface area is 146 Å². The van der Waals surface area contributed by atoms with Crippen LogP contribution >= 0.6 is 24.0 Å². The summed E-state index contributed by atoms with van der Waals surface area (Å²) in [5.74, 6) is 0.544. The van der Waals surface area contributed by atoms with Crippen LogP contribution in [0.2, 0.25) is 5.02 Å². The van der Waals surface area contributed by atoms with Gasteiger partial charge in [0.05, 0.1) is 17.5 Å². The molecule has 0 bridgehead atoms. The van der Waals surface area contributed by atoms with Crippen molar-refractivity contribution in [3.8, 4) is 11.3 Å². The van der Waals surface area contributed by atoms with Gasteiger partial charge in [0.25, 0.3) is 5.91 Å². The molecule has 1 unspecified atom stereocenters. The average molecular weight is 355 g/mol. The number of nitrogens with zero attached hydrogens (tertiary/aromatic N) is 1. The maximum Gasteiger partial charge on any atom is 0.255 e. The molecular weight excluding hydrogens is 335 g/mol. The van der Waals surface area contributed by atoms with Crippen LogP contribution in [-0.4, -0.2) is 35.7 Å². The number of hydrogen-bond donors (Lipinski definition) is 3. The van der Waals surface area contributed by atoms with E-state index < -0.39 is 0 Å². The van der Waals surface area contributed by atoms with Gasteiger partial charge in [-0.25, -0.2) is 0 Å². The molecule has 0 saturated carbocycles. The van der Waals surface area contributed by atoms with Crippen LogP contribution in [0.15, 0.2) is 30.5 Å². The average Bonchev–Trinajstić information content (AvgIpc) is 3.18. The molecule has 1 amide bonds. The van der Waals surface area contributed by atoms with Gasteiger partial charge < -0.3 is 10.6 Å². The molecule has 1 fully saturated rings. The fourth-order valence-electron chi connectivity index (χ4n) is 2.77. The van der Waals surface area contributed by atoms with E-state index in [-0.39, 0.29) is 18.3 Å².